The van der Waals surface area contributed by atoms with E-state index < -0.39 is 12.0 Å². The molecule has 1 atom stereocenters. The Hall–Kier alpha value is -2.70. The molecular weight excluding hydrogens is 322 g/mol. The lowest BCUT2D eigenvalue weighted by molar-refractivity contribution is -0.143. The van der Waals surface area contributed by atoms with Gasteiger partial charge in [0, 0.05) is 23.6 Å². The number of aromatic nitrogens is 2. The zero-order chi connectivity index (χ0) is 17.4. The molecule has 1 aliphatic heterocycles. The topological polar surface area (TPSA) is 96.5 Å². The summed E-state index contributed by atoms with van der Waals surface area (Å²) in [6.07, 6.45) is 4.30. The number of amides is 1. The minimum atomic E-state index is -0.948. The van der Waals surface area contributed by atoms with Crippen LogP contribution in [0.4, 0.5) is 0 Å². The first-order valence-corrected chi connectivity index (χ1v) is 8.61. The second-order valence-corrected chi connectivity index (χ2v) is 6.66. The fourth-order valence-corrected chi connectivity index (χ4v) is 3.24. The van der Waals surface area contributed by atoms with Gasteiger partial charge >= 0.3 is 5.97 Å². The lowest BCUT2D eigenvalue weighted by atomic mass is 10.0. The largest absolute Gasteiger partial charge is 0.480 e. The number of hydrogen-bond donors (Lipinski definition) is 1. The van der Waals surface area contributed by atoms with Gasteiger partial charge in [0.15, 0.2) is 0 Å². The molecule has 1 saturated carbocycles. The molecule has 0 spiro atoms. The van der Waals surface area contributed by atoms with Gasteiger partial charge in [0.25, 0.3) is 5.91 Å². The predicted molar refractivity (Wildman–Crippen MR) is 88.0 cm³/mol. The molecule has 1 aliphatic carbocycles. The average Bonchev–Trinajstić information content (AvgIpc) is 3.38. The Morgan fingerprint density at radius 3 is 2.80 bits per heavy atom. The maximum absolute atomic E-state index is 12.8. The third-order valence-electron chi connectivity index (χ3n) is 4.78. The third kappa shape index (κ3) is 3.14. The number of carbonyl (C=O) groups is 2. The fourth-order valence-electron chi connectivity index (χ4n) is 3.24. The zero-order valence-electron chi connectivity index (χ0n) is 13.7. The van der Waals surface area contributed by atoms with Gasteiger partial charge in [0.1, 0.15) is 6.04 Å². The second-order valence-electron chi connectivity index (χ2n) is 6.66. The van der Waals surface area contributed by atoms with E-state index in [1.165, 1.54) is 4.90 Å². The molecule has 1 amide bonds. The Morgan fingerprint density at radius 2 is 2.04 bits per heavy atom. The fraction of sp³-hybridized carbons (Fsp3) is 0.444. The molecule has 7 nitrogen and oxygen atoms in total. The van der Waals surface area contributed by atoms with Crippen LogP contribution in [-0.2, 0) is 4.79 Å². The van der Waals surface area contributed by atoms with Crippen molar-refractivity contribution in [3.63, 3.8) is 0 Å². The van der Waals surface area contributed by atoms with Gasteiger partial charge in [-0.15, -0.1) is 0 Å². The molecule has 0 radical (unpaired) electrons. The van der Waals surface area contributed by atoms with Crippen molar-refractivity contribution in [3.05, 3.63) is 35.7 Å². The number of benzene rings is 1. The van der Waals surface area contributed by atoms with Gasteiger partial charge < -0.3 is 14.5 Å². The van der Waals surface area contributed by atoms with Crippen LogP contribution in [0, 0.1) is 0 Å². The smallest absolute Gasteiger partial charge is 0.326 e. The molecule has 1 aromatic carbocycles. The number of piperidine rings is 1. The molecule has 2 heterocycles. The molecule has 2 aliphatic rings. The first kappa shape index (κ1) is 15.8. The summed E-state index contributed by atoms with van der Waals surface area (Å²) in [4.78, 5) is 30.1. The molecule has 4 rings (SSSR count). The van der Waals surface area contributed by atoms with E-state index in [4.69, 9.17) is 4.52 Å². The number of likely N-dealkylation sites (tertiary alicyclic amines) is 1. The van der Waals surface area contributed by atoms with Crippen molar-refractivity contribution in [1.82, 2.24) is 15.0 Å². The summed E-state index contributed by atoms with van der Waals surface area (Å²) in [5.41, 5.74) is 1.15. The van der Waals surface area contributed by atoms with Crippen LogP contribution in [0.15, 0.2) is 28.8 Å². The van der Waals surface area contributed by atoms with Crippen molar-refractivity contribution in [2.75, 3.05) is 6.54 Å². The highest BCUT2D eigenvalue weighted by atomic mass is 16.5. The van der Waals surface area contributed by atoms with Crippen molar-refractivity contribution in [3.8, 4) is 11.4 Å². The highest BCUT2D eigenvalue weighted by Crippen LogP contribution is 2.39. The van der Waals surface area contributed by atoms with E-state index in [2.05, 4.69) is 10.1 Å². The van der Waals surface area contributed by atoms with E-state index in [9.17, 15) is 14.7 Å². The summed E-state index contributed by atoms with van der Waals surface area (Å²) in [6.45, 7) is 0.466. The van der Waals surface area contributed by atoms with Gasteiger partial charge in [0.05, 0.1) is 0 Å². The van der Waals surface area contributed by atoms with E-state index >= 15 is 0 Å². The molecular formula is C18H19N3O4. The van der Waals surface area contributed by atoms with Crippen molar-refractivity contribution in [2.45, 2.75) is 44.1 Å². The Bertz CT molecular complexity index is 812. The van der Waals surface area contributed by atoms with E-state index in [-0.39, 0.29) is 5.91 Å². The molecule has 2 aromatic rings. The van der Waals surface area contributed by atoms with Crippen molar-refractivity contribution in [2.24, 2.45) is 0 Å². The Morgan fingerprint density at radius 1 is 1.20 bits per heavy atom. The summed E-state index contributed by atoms with van der Waals surface area (Å²) < 4.78 is 5.27. The quantitative estimate of drug-likeness (QED) is 0.918. The van der Waals surface area contributed by atoms with Crippen LogP contribution in [0.5, 0.6) is 0 Å². The Kier molecular flexibility index (Phi) is 3.99. The number of aliphatic carboxylic acids is 1. The van der Waals surface area contributed by atoms with E-state index in [1.807, 2.05) is 6.07 Å². The van der Waals surface area contributed by atoms with Crippen LogP contribution in [0.2, 0.25) is 0 Å². The maximum Gasteiger partial charge on any atom is 0.326 e. The number of carbonyl (C=O) groups excluding carboxylic acids is 1. The summed E-state index contributed by atoms with van der Waals surface area (Å²) in [5, 5.41) is 13.4. The summed E-state index contributed by atoms with van der Waals surface area (Å²) >= 11 is 0. The van der Waals surface area contributed by atoms with Crippen LogP contribution in [0.3, 0.4) is 0 Å². The summed E-state index contributed by atoms with van der Waals surface area (Å²) in [5.74, 6) is 0.269. The third-order valence-corrected chi connectivity index (χ3v) is 4.78. The van der Waals surface area contributed by atoms with Crippen molar-refractivity contribution in [1.29, 1.82) is 0 Å². The maximum atomic E-state index is 12.8. The Balaban J connectivity index is 1.59. The molecule has 0 unspecified atom stereocenters. The van der Waals surface area contributed by atoms with Crippen LogP contribution in [-0.4, -0.2) is 44.6 Å². The molecule has 25 heavy (non-hydrogen) atoms. The summed E-state index contributed by atoms with van der Waals surface area (Å²) in [7, 11) is 0. The van der Waals surface area contributed by atoms with Crippen LogP contribution in [0.25, 0.3) is 11.4 Å². The van der Waals surface area contributed by atoms with Crippen LogP contribution < -0.4 is 0 Å². The normalized spacial score (nSPS) is 20.5. The molecule has 7 heteroatoms. The zero-order valence-corrected chi connectivity index (χ0v) is 13.7. The minimum Gasteiger partial charge on any atom is -0.480 e. The predicted octanol–water partition coefficient (Wildman–Crippen LogP) is 2.69. The van der Waals surface area contributed by atoms with Gasteiger partial charge in [-0.05, 0) is 44.2 Å². The van der Waals surface area contributed by atoms with Gasteiger partial charge in [0.2, 0.25) is 11.7 Å². The molecule has 1 N–H and O–H groups in total. The standard InChI is InChI=1S/C18H19N3O4/c22-17(21-9-2-1-6-14(21)18(23)24)13-5-3-4-12(10-13)15-19-16(25-20-15)11-7-8-11/h3-5,10-11,14H,1-2,6-9H2,(H,23,24)/t14-/m0/s1. The van der Waals surface area contributed by atoms with E-state index in [0.717, 1.165) is 25.7 Å². The number of carboxylic acid groups (broad SMARTS) is 1. The van der Waals surface area contributed by atoms with E-state index in [0.29, 0.717) is 41.7 Å². The summed E-state index contributed by atoms with van der Waals surface area (Å²) in [6, 6.07) is 6.23. The monoisotopic (exact) mass is 341 g/mol. The number of hydrogen-bond acceptors (Lipinski definition) is 5. The minimum absolute atomic E-state index is 0.264. The van der Waals surface area contributed by atoms with Gasteiger partial charge in [-0.3, -0.25) is 4.79 Å². The first-order chi connectivity index (χ1) is 12.1. The van der Waals surface area contributed by atoms with Crippen LogP contribution in [0.1, 0.15) is 54.3 Å². The molecule has 0 bridgehead atoms. The molecule has 1 aromatic heterocycles. The highest BCUT2D eigenvalue weighted by molar-refractivity contribution is 5.97. The van der Waals surface area contributed by atoms with Gasteiger partial charge in [-0.2, -0.15) is 4.98 Å². The van der Waals surface area contributed by atoms with Gasteiger partial charge in [-0.25, -0.2) is 4.79 Å². The van der Waals surface area contributed by atoms with E-state index in [1.54, 1.807) is 18.2 Å². The molecule has 2 fully saturated rings. The van der Waals surface area contributed by atoms with Crippen molar-refractivity contribution >= 4 is 11.9 Å². The highest BCUT2D eigenvalue weighted by Gasteiger charge is 2.33. The Labute approximate surface area is 144 Å². The van der Waals surface area contributed by atoms with Crippen molar-refractivity contribution < 1.29 is 19.2 Å². The number of nitrogens with zero attached hydrogens (tertiary/aromatic N) is 3. The lowest BCUT2D eigenvalue weighted by Crippen LogP contribution is -2.47. The lowest BCUT2D eigenvalue weighted by Gasteiger charge is -2.33. The first-order valence-electron chi connectivity index (χ1n) is 8.61. The van der Waals surface area contributed by atoms with Crippen LogP contribution >= 0.6 is 0 Å². The number of rotatable bonds is 4. The number of carboxylic acids is 1. The molecule has 1 saturated heterocycles. The second kappa shape index (κ2) is 6.31. The average molecular weight is 341 g/mol. The SMILES string of the molecule is O=C(O)[C@@H]1CCCCN1C(=O)c1cccc(-c2noc(C3CC3)n2)c1. The van der Waals surface area contributed by atoms with Gasteiger partial charge in [-0.1, -0.05) is 17.3 Å². The molecule has 130 valence electrons.